The summed E-state index contributed by atoms with van der Waals surface area (Å²) >= 11 is 0. The van der Waals surface area contributed by atoms with Crippen molar-refractivity contribution in [2.45, 2.75) is 163 Å². The minimum absolute atomic E-state index is 0.00916. The summed E-state index contributed by atoms with van der Waals surface area (Å²) in [6, 6.07) is 18.5. The van der Waals surface area contributed by atoms with Gasteiger partial charge in [0.25, 0.3) is 0 Å². The first-order valence-corrected chi connectivity index (χ1v) is 20.2. The molecule has 0 aliphatic heterocycles. The molecule has 3 nitrogen and oxygen atoms in total. The molecule has 0 amide bonds. The van der Waals surface area contributed by atoms with Gasteiger partial charge in [0.1, 0.15) is 0 Å². The summed E-state index contributed by atoms with van der Waals surface area (Å²) in [5, 5.41) is 0.445. The van der Waals surface area contributed by atoms with Gasteiger partial charge < -0.3 is 0 Å². The molecule has 0 aromatic heterocycles. The van der Waals surface area contributed by atoms with E-state index in [2.05, 4.69) is 134 Å². The van der Waals surface area contributed by atoms with Gasteiger partial charge in [0, 0.05) is 0 Å². The quantitative estimate of drug-likeness (QED) is 0.160. The summed E-state index contributed by atoms with van der Waals surface area (Å²) in [7, 11) is -5.71. The van der Waals surface area contributed by atoms with E-state index in [0.717, 1.165) is 59.9 Å². The van der Waals surface area contributed by atoms with Crippen LogP contribution in [0, 0.1) is 0 Å². The molecule has 47 heavy (non-hydrogen) atoms. The van der Waals surface area contributed by atoms with Crippen LogP contribution in [0.1, 0.15) is 164 Å². The van der Waals surface area contributed by atoms with Gasteiger partial charge in [0.2, 0.25) is 0 Å². The Kier molecular flexibility index (Phi) is 10.9. The Bertz CT molecular complexity index is 1580. The van der Waals surface area contributed by atoms with Crippen LogP contribution in [0.25, 0.3) is 11.1 Å². The Balaban J connectivity index is 2.57. The van der Waals surface area contributed by atoms with Crippen molar-refractivity contribution in [3.63, 3.8) is 0 Å². The molecule has 0 atom stereocenters. The molecule has 262 valence electrons. The zero-order valence-corrected chi connectivity index (χ0v) is 33.4. The molecule has 0 bridgehead atoms. The fourth-order valence-electron chi connectivity index (χ4n) is 6.27. The Morgan fingerprint density at radius 3 is 1.17 bits per heavy atom. The monoisotopic (exact) mass is 662 g/mol. The Hall–Kier alpha value is -2.03. The first-order chi connectivity index (χ1) is 21.3. The fourth-order valence-corrected chi connectivity index (χ4v) is 8.67. The molecular formula is C43H67O3P. The van der Waals surface area contributed by atoms with Gasteiger partial charge in [0.05, 0.1) is 0 Å². The predicted octanol–water partition coefficient (Wildman–Crippen LogP) is 11.0. The van der Waals surface area contributed by atoms with E-state index >= 15 is 0 Å². The van der Waals surface area contributed by atoms with Gasteiger partial charge in [-0.2, -0.15) is 0 Å². The van der Waals surface area contributed by atoms with E-state index in [-0.39, 0.29) is 32.3 Å². The van der Waals surface area contributed by atoms with E-state index in [1.807, 2.05) is 12.1 Å². The van der Waals surface area contributed by atoms with Crippen molar-refractivity contribution < 1.29 is 14.7 Å². The summed E-state index contributed by atoms with van der Waals surface area (Å²) in [6.45, 7) is 33.1. The van der Waals surface area contributed by atoms with Gasteiger partial charge in [-0.05, 0) is 0 Å². The van der Waals surface area contributed by atoms with Gasteiger partial charge in [-0.25, -0.2) is 0 Å². The third-order valence-electron chi connectivity index (χ3n) is 12.4. The van der Waals surface area contributed by atoms with E-state index in [1.54, 1.807) is 12.1 Å². The van der Waals surface area contributed by atoms with Crippen LogP contribution in [0.2, 0.25) is 0 Å². The standard InChI is InChI=1S/C43H67O3P/c1-16-39(6,7)30-22-25-37(34(27-30)33-24-21-31(40(8,9)17-2)28-35(33)42(12,13)19-4)47(44,45,46)38-26-23-32(41(10,11)18-3)29-36(38)43(14,15)20-5/h21-29,44-46H,16-20H2,1-15H3. The average molecular weight is 663 g/mol. The molecule has 0 aliphatic rings. The summed E-state index contributed by atoms with van der Waals surface area (Å²) in [4.78, 5) is 38.2. The number of benzene rings is 3. The van der Waals surface area contributed by atoms with E-state index in [0.29, 0.717) is 5.56 Å². The zero-order valence-electron chi connectivity index (χ0n) is 32.5. The van der Waals surface area contributed by atoms with Crippen molar-refractivity contribution in [1.82, 2.24) is 0 Å². The normalized spacial score (nSPS) is 14.6. The average Bonchev–Trinajstić information content (AvgIpc) is 3.03. The SMILES string of the molecule is CCC(C)(C)c1ccc(P(O)(O)(O)c2ccc(C(C)(C)CC)cc2C(C)(C)CC)c(-c2ccc(C(C)(C)CC)cc2C(C)(C)CC)c1. The fraction of sp³-hybridized carbons (Fsp3) is 0.581. The Morgan fingerprint density at radius 2 is 0.745 bits per heavy atom. The summed E-state index contributed by atoms with van der Waals surface area (Å²) < 4.78 is 0. The molecule has 3 aromatic rings. The van der Waals surface area contributed by atoms with Gasteiger partial charge in [0.15, 0.2) is 0 Å². The first-order valence-electron chi connectivity index (χ1n) is 18.1. The van der Waals surface area contributed by atoms with Crippen molar-refractivity contribution in [3.05, 3.63) is 82.4 Å². The first kappa shape index (κ1) is 39.4. The van der Waals surface area contributed by atoms with E-state index in [1.165, 1.54) is 5.56 Å². The molecule has 0 aliphatic carbocycles. The molecule has 3 N–H and O–H groups in total. The number of hydrogen-bond donors (Lipinski definition) is 3. The molecule has 0 heterocycles. The van der Waals surface area contributed by atoms with Crippen LogP contribution in [0.3, 0.4) is 0 Å². The molecule has 0 radical (unpaired) electrons. The van der Waals surface area contributed by atoms with Gasteiger partial charge in [-0.1, -0.05) is 0 Å². The second kappa shape index (κ2) is 13.0. The van der Waals surface area contributed by atoms with Crippen molar-refractivity contribution >= 4 is 17.9 Å². The van der Waals surface area contributed by atoms with Crippen LogP contribution >= 0.6 is 7.28 Å². The minimum atomic E-state index is -5.71. The van der Waals surface area contributed by atoms with Crippen LogP contribution in [0.4, 0.5) is 0 Å². The van der Waals surface area contributed by atoms with Crippen LogP contribution in [-0.2, 0) is 27.1 Å². The summed E-state index contributed by atoms with van der Waals surface area (Å²) in [5.41, 5.74) is 6.27. The molecule has 0 saturated heterocycles. The molecule has 0 spiro atoms. The van der Waals surface area contributed by atoms with E-state index in [4.69, 9.17) is 0 Å². The predicted molar refractivity (Wildman–Crippen MR) is 208 cm³/mol. The van der Waals surface area contributed by atoms with Crippen molar-refractivity contribution in [2.75, 3.05) is 0 Å². The second-order valence-electron chi connectivity index (χ2n) is 17.4. The topological polar surface area (TPSA) is 60.7 Å². The van der Waals surface area contributed by atoms with E-state index in [9.17, 15) is 14.7 Å². The molecule has 0 fully saturated rings. The van der Waals surface area contributed by atoms with Crippen molar-refractivity contribution in [2.24, 2.45) is 0 Å². The van der Waals surface area contributed by atoms with Gasteiger partial charge >= 0.3 is 289 Å². The van der Waals surface area contributed by atoms with Crippen molar-refractivity contribution in [1.29, 1.82) is 0 Å². The van der Waals surface area contributed by atoms with Crippen LogP contribution < -0.4 is 10.6 Å². The zero-order chi connectivity index (χ0) is 36.0. The maximum absolute atomic E-state index is 12.7. The third-order valence-corrected chi connectivity index (χ3v) is 15.0. The molecule has 0 unspecified atom stereocenters. The van der Waals surface area contributed by atoms with Crippen LogP contribution in [-0.4, -0.2) is 14.7 Å². The van der Waals surface area contributed by atoms with Gasteiger partial charge in [-0.3, -0.25) is 0 Å². The molecule has 4 heteroatoms. The molecule has 3 rings (SSSR count). The van der Waals surface area contributed by atoms with Gasteiger partial charge in [-0.15, -0.1) is 0 Å². The second-order valence-corrected chi connectivity index (χ2v) is 20.3. The van der Waals surface area contributed by atoms with E-state index < -0.39 is 12.7 Å². The summed E-state index contributed by atoms with van der Waals surface area (Å²) in [6.07, 6.45) is 4.57. The number of hydrogen-bond acceptors (Lipinski definition) is 3. The molecule has 0 saturated carbocycles. The molecular weight excluding hydrogens is 595 g/mol. The Morgan fingerprint density at radius 1 is 0.404 bits per heavy atom. The number of rotatable bonds is 13. The Labute approximate surface area is 288 Å². The molecule has 3 aromatic carbocycles. The van der Waals surface area contributed by atoms with Crippen LogP contribution in [0.5, 0.6) is 0 Å². The van der Waals surface area contributed by atoms with Crippen molar-refractivity contribution in [3.8, 4) is 11.1 Å². The van der Waals surface area contributed by atoms with Crippen LogP contribution in [0.15, 0.2) is 54.6 Å². The third kappa shape index (κ3) is 7.45. The summed E-state index contributed by atoms with van der Waals surface area (Å²) in [5.74, 6) is 0. The maximum atomic E-state index is 12.7.